The summed E-state index contributed by atoms with van der Waals surface area (Å²) < 4.78 is 0. The average molecular weight is 303 g/mol. The Morgan fingerprint density at radius 2 is 1.59 bits per heavy atom. The number of fused-ring (bicyclic) bond motifs is 1. The zero-order valence-electron chi connectivity index (χ0n) is 13.5. The predicted molar refractivity (Wildman–Crippen MR) is 86.6 cm³/mol. The van der Waals surface area contributed by atoms with E-state index in [0.29, 0.717) is 13.1 Å². The Morgan fingerprint density at radius 3 is 2.14 bits per heavy atom. The number of benzene rings is 1. The van der Waals surface area contributed by atoms with Crippen molar-refractivity contribution < 1.29 is 9.59 Å². The van der Waals surface area contributed by atoms with Crippen molar-refractivity contribution in [3.05, 3.63) is 35.4 Å². The largest absolute Gasteiger partial charge is 0.354 e. The van der Waals surface area contributed by atoms with Gasteiger partial charge in [0.05, 0.1) is 0 Å². The van der Waals surface area contributed by atoms with Crippen LogP contribution in [0.4, 0.5) is 4.79 Å². The third kappa shape index (κ3) is 4.48. The van der Waals surface area contributed by atoms with E-state index in [1.165, 1.54) is 11.1 Å². The summed E-state index contributed by atoms with van der Waals surface area (Å²) in [5.74, 6) is -0.0130. The number of rotatable bonds is 4. The van der Waals surface area contributed by atoms with Crippen LogP contribution < -0.4 is 16.0 Å². The molecule has 0 aliphatic heterocycles. The minimum Gasteiger partial charge on any atom is -0.354 e. The summed E-state index contributed by atoms with van der Waals surface area (Å²) in [4.78, 5) is 23.5. The number of urea groups is 1. The molecule has 5 heteroatoms. The van der Waals surface area contributed by atoms with Gasteiger partial charge in [-0.2, -0.15) is 0 Å². The summed E-state index contributed by atoms with van der Waals surface area (Å²) in [5.41, 5.74) is 2.22. The Labute approximate surface area is 131 Å². The molecule has 1 aromatic rings. The van der Waals surface area contributed by atoms with E-state index in [0.717, 1.165) is 12.8 Å². The maximum atomic E-state index is 11.9. The number of hydrogen-bond acceptors (Lipinski definition) is 2. The first-order chi connectivity index (χ1) is 10.4. The van der Waals surface area contributed by atoms with Crippen molar-refractivity contribution in [1.82, 2.24) is 16.0 Å². The fourth-order valence-corrected chi connectivity index (χ4v) is 2.51. The highest BCUT2D eigenvalue weighted by atomic mass is 16.2. The molecule has 0 bridgehead atoms. The topological polar surface area (TPSA) is 70.2 Å². The van der Waals surface area contributed by atoms with Crippen LogP contribution in [0.15, 0.2) is 24.3 Å². The Morgan fingerprint density at radius 1 is 1.05 bits per heavy atom. The molecule has 1 aromatic carbocycles. The van der Waals surface area contributed by atoms with Crippen LogP contribution in [0.3, 0.4) is 0 Å². The second-order valence-electron chi connectivity index (χ2n) is 6.78. The van der Waals surface area contributed by atoms with E-state index in [2.05, 4.69) is 28.1 Å². The van der Waals surface area contributed by atoms with Gasteiger partial charge in [0.15, 0.2) is 0 Å². The Balaban J connectivity index is 1.65. The molecule has 22 heavy (non-hydrogen) atoms. The van der Waals surface area contributed by atoms with Crippen molar-refractivity contribution in [2.75, 3.05) is 13.1 Å². The van der Waals surface area contributed by atoms with E-state index in [1.54, 1.807) is 0 Å². The van der Waals surface area contributed by atoms with Crippen LogP contribution in [0.2, 0.25) is 0 Å². The molecular formula is C17H25N3O2. The SMILES string of the molecule is CC(C)(C)C(=O)NCCNC(=O)NC1Cc2ccccc2C1. The molecule has 1 aliphatic rings. The number of carbonyl (C=O) groups is 2. The first-order valence-corrected chi connectivity index (χ1v) is 7.75. The van der Waals surface area contributed by atoms with Crippen LogP contribution in [0, 0.1) is 5.41 Å². The first kappa shape index (κ1) is 16.3. The summed E-state index contributed by atoms with van der Waals surface area (Å²) in [7, 11) is 0. The highest BCUT2D eigenvalue weighted by molar-refractivity contribution is 5.81. The van der Waals surface area contributed by atoms with Crippen LogP contribution in [0.1, 0.15) is 31.9 Å². The van der Waals surface area contributed by atoms with E-state index in [-0.39, 0.29) is 18.0 Å². The van der Waals surface area contributed by atoms with Crippen LogP contribution in [-0.2, 0) is 17.6 Å². The predicted octanol–water partition coefficient (Wildman–Crippen LogP) is 1.62. The average Bonchev–Trinajstić information content (AvgIpc) is 2.84. The quantitative estimate of drug-likeness (QED) is 0.740. The highest BCUT2D eigenvalue weighted by Gasteiger charge is 2.22. The molecule has 3 amide bonds. The summed E-state index contributed by atoms with van der Waals surface area (Å²) >= 11 is 0. The number of carbonyl (C=O) groups excluding carboxylic acids is 2. The standard InChI is InChI=1S/C17H25N3O2/c1-17(2,3)15(21)18-8-9-19-16(22)20-14-10-12-6-4-5-7-13(12)11-14/h4-7,14H,8-11H2,1-3H3,(H,18,21)(H2,19,20,22). The fraction of sp³-hybridized carbons (Fsp3) is 0.529. The molecule has 0 saturated carbocycles. The number of hydrogen-bond donors (Lipinski definition) is 3. The summed E-state index contributed by atoms with van der Waals surface area (Å²) in [6, 6.07) is 8.25. The van der Waals surface area contributed by atoms with Gasteiger partial charge in [0.1, 0.15) is 0 Å². The van der Waals surface area contributed by atoms with Gasteiger partial charge in [0, 0.05) is 24.5 Å². The molecule has 0 unspecified atom stereocenters. The summed E-state index contributed by atoms with van der Waals surface area (Å²) in [6.07, 6.45) is 1.76. The smallest absolute Gasteiger partial charge is 0.315 e. The van der Waals surface area contributed by atoms with Gasteiger partial charge in [-0.25, -0.2) is 4.79 Å². The van der Waals surface area contributed by atoms with E-state index in [4.69, 9.17) is 0 Å². The number of amides is 3. The van der Waals surface area contributed by atoms with Crippen LogP contribution in [-0.4, -0.2) is 31.1 Å². The monoisotopic (exact) mass is 303 g/mol. The van der Waals surface area contributed by atoms with Gasteiger partial charge < -0.3 is 16.0 Å². The Hall–Kier alpha value is -2.04. The molecule has 120 valence electrons. The van der Waals surface area contributed by atoms with E-state index in [9.17, 15) is 9.59 Å². The van der Waals surface area contributed by atoms with Crippen LogP contribution in [0.25, 0.3) is 0 Å². The molecule has 0 radical (unpaired) electrons. The van der Waals surface area contributed by atoms with Gasteiger partial charge in [-0.3, -0.25) is 4.79 Å². The molecule has 0 saturated heterocycles. The lowest BCUT2D eigenvalue weighted by molar-refractivity contribution is -0.128. The summed E-state index contributed by atoms with van der Waals surface area (Å²) in [6.45, 7) is 6.45. The zero-order valence-corrected chi connectivity index (χ0v) is 13.5. The van der Waals surface area contributed by atoms with Crippen molar-refractivity contribution in [2.45, 2.75) is 39.7 Å². The van der Waals surface area contributed by atoms with Gasteiger partial charge in [-0.1, -0.05) is 45.0 Å². The van der Waals surface area contributed by atoms with Gasteiger partial charge in [0.25, 0.3) is 0 Å². The molecule has 3 N–H and O–H groups in total. The molecule has 0 fully saturated rings. The zero-order chi connectivity index (χ0) is 16.2. The van der Waals surface area contributed by atoms with E-state index in [1.807, 2.05) is 32.9 Å². The van der Waals surface area contributed by atoms with Crippen LogP contribution >= 0.6 is 0 Å². The molecular weight excluding hydrogens is 278 g/mol. The van der Waals surface area contributed by atoms with Gasteiger partial charge >= 0.3 is 6.03 Å². The third-order valence-electron chi connectivity index (χ3n) is 3.76. The lowest BCUT2D eigenvalue weighted by Gasteiger charge is -2.18. The maximum Gasteiger partial charge on any atom is 0.315 e. The Bertz CT molecular complexity index is 524. The molecule has 1 aliphatic carbocycles. The normalized spacial score (nSPS) is 14.3. The van der Waals surface area contributed by atoms with Gasteiger partial charge in [-0.15, -0.1) is 0 Å². The Kier molecular flexibility index (Phi) is 5.06. The molecule has 0 spiro atoms. The van der Waals surface area contributed by atoms with Gasteiger partial charge in [-0.05, 0) is 24.0 Å². The van der Waals surface area contributed by atoms with E-state index < -0.39 is 5.41 Å². The van der Waals surface area contributed by atoms with Gasteiger partial charge in [0.2, 0.25) is 5.91 Å². The second kappa shape index (κ2) is 6.81. The second-order valence-corrected chi connectivity index (χ2v) is 6.78. The molecule has 0 atom stereocenters. The van der Waals surface area contributed by atoms with Crippen LogP contribution in [0.5, 0.6) is 0 Å². The fourth-order valence-electron chi connectivity index (χ4n) is 2.51. The lowest BCUT2D eigenvalue weighted by Crippen LogP contribution is -2.45. The lowest BCUT2D eigenvalue weighted by atomic mass is 9.96. The van der Waals surface area contributed by atoms with Crippen molar-refractivity contribution >= 4 is 11.9 Å². The first-order valence-electron chi connectivity index (χ1n) is 7.75. The summed E-state index contributed by atoms with van der Waals surface area (Å²) in [5, 5.41) is 8.56. The van der Waals surface area contributed by atoms with Crippen molar-refractivity contribution in [1.29, 1.82) is 0 Å². The maximum absolute atomic E-state index is 11.9. The molecule has 2 rings (SSSR count). The van der Waals surface area contributed by atoms with Crippen molar-refractivity contribution in [2.24, 2.45) is 5.41 Å². The minimum absolute atomic E-state index is 0.0130. The minimum atomic E-state index is -0.405. The molecule has 5 nitrogen and oxygen atoms in total. The van der Waals surface area contributed by atoms with Crippen molar-refractivity contribution in [3.8, 4) is 0 Å². The highest BCUT2D eigenvalue weighted by Crippen LogP contribution is 2.21. The third-order valence-corrected chi connectivity index (χ3v) is 3.76. The van der Waals surface area contributed by atoms with E-state index >= 15 is 0 Å². The molecule has 0 heterocycles. The number of nitrogens with one attached hydrogen (secondary N) is 3. The van der Waals surface area contributed by atoms with Crippen molar-refractivity contribution in [3.63, 3.8) is 0 Å². The molecule has 0 aromatic heterocycles.